The Morgan fingerprint density at radius 1 is 1.09 bits per heavy atom. The molecule has 4 heteroatoms. The average Bonchev–Trinajstić information content (AvgIpc) is 2.54. The third kappa shape index (κ3) is 7.49. The van der Waals surface area contributed by atoms with Gasteiger partial charge in [0.1, 0.15) is 11.5 Å². The van der Waals surface area contributed by atoms with Gasteiger partial charge in [-0.2, -0.15) is 0 Å². The average molecular weight is 302 g/mol. The lowest BCUT2D eigenvalue weighted by molar-refractivity contribution is 0.112. The van der Waals surface area contributed by atoms with Crippen molar-refractivity contribution < 1.29 is 19.4 Å². The Morgan fingerprint density at radius 2 is 1.82 bits per heavy atom. The summed E-state index contributed by atoms with van der Waals surface area (Å²) in [5, 5.41) is 9.38. The van der Waals surface area contributed by atoms with E-state index >= 15 is 0 Å². The predicted octanol–water partition coefficient (Wildman–Crippen LogP) is 3.86. The summed E-state index contributed by atoms with van der Waals surface area (Å²) >= 11 is 0. The quantitative estimate of drug-likeness (QED) is 0.292. The first kappa shape index (κ1) is 17.8. The number of hydrogen-bond acceptors (Lipinski definition) is 4. The third-order valence-electron chi connectivity index (χ3n) is 3.30. The molecule has 0 amide bonds. The molecule has 0 aromatic heterocycles. The van der Waals surface area contributed by atoms with E-state index in [1.54, 1.807) is 24.2 Å². The fraction of sp³-hybridized carbons (Fsp3) is 0.444. The van der Waals surface area contributed by atoms with Gasteiger partial charge in [0.2, 0.25) is 0 Å². The molecule has 1 aromatic carbocycles. The molecule has 1 N–H and O–H groups in total. The van der Waals surface area contributed by atoms with Crippen molar-refractivity contribution in [2.45, 2.75) is 44.9 Å². The Morgan fingerprint density at radius 3 is 2.55 bits per heavy atom. The normalized spacial score (nSPS) is 9.64. The summed E-state index contributed by atoms with van der Waals surface area (Å²) in [6.45, 7) is 0.607. The van der Waals surface area contributed by atoms with Gasteiger partial charge in [0.25, 0.3) is 0 Å². The van der Waals surface area contributed by atoms with Gasteiger partial charge in [-0.25, -0.2) is 4.79 Å². The van der Waals surface area contributed by atoms with Crippen LogP contribution in [0, 0.1) is 0 Å². The molecule has 4 nitrogen and oxygen atoms in total. The summed E-state index contributed by atoms with van der Waals surface area (Å²) in [5.41, 5.74) is 2.66. The van der Waals surface area contributed by atoms with Crippen LogP contribution in [0.25, 0.3) is 0 Å². The van der Waals surface area contributed by atoms with E-state index in [-0.39, 0.29) is 11.3 Å². The van der Waals surface area contributed by atoms with Gasteiger partial charge >= 0.3 is 0 Å². The molecule has 0 unspecified atom stereocenters. The smallest absolute Gasteiger partial charge is 0.176 e. The molecular weight excluding hydrogens is 280 g/mol. The Kier molecular flexibility index (Phi) is 9.20. The topological polar surface area (TPSA) is 63.6 Å². The third-order valence-corrected chi connectivity index (χ3v) is 3.30. The summed E-state index contributed by atoms with van der Waals surface area (Å²) < 4.78 is 5.56. The van der Waals surface area contributed by atoms with Crippen LogP contribution in [0.3, 0.4) is 0 Å². The maximum atomic E-state index is 10.7. The number of carbonyl (C=O) groups excluding carboxylic acids is 2. The van der Waals surface area contributed by atoms with Crippen LogP contribution in [0.4, 0.5) is 0 Å². The SMILES string of the molecule is O=C=C=CCCCCCCCCOc1ccc(O)c(C=O)c1. The van der Waals surface area contributed by atoms with E-state index in [1.165, 1.54) is 12.5 Å². The minimum absolute atomic E-state index is 0.0270. The van der Waals surface area contributed by atoms with Crippen molar-refractivity contribution in [2.75, 3.05) is 6.61 Å². The van der Waals surface area contributed by atoms with Crippen molar-refractivity contribution in [1.82, 2.24) is 0 Å². The second-order valence-corrected chi connectivity index (χ2v) is 5.05. The number of phenols is 1. The summed E-state index contributed by atoms with van der Waals surface area (Å²) in [4.78, 5) is 20.6. The number of benzene rings is 1. The number of aromatic hydroxyl groups is 1. The van der Waals surface area contributed by atoms with Gasteiger partial charge in [-0.1, -0.05) is 25.7 Å². The van der Waals surface area contributed by atoms with Crippen LogP contribution in [0.15, 0.2) is 30.0 Å². The van der Waals surface area contributed by atoms with E-state index in [0.29, 0.717) is 18.6 Å². The molecule has 0 aliphatic heterocycles. The van der Waals surface area contributed by atoms with E-state index in [0.717, 1.165) is 38.5 Å². The number of carbonyl (C=O) groups is 1. The zero-order valence-electron chi connectivity index (χ0n) is 12.7. The lowest BCUT2D eigenvalue weighted by atomic mass is 10.1. The highest BCUT2D eigenvalue weighted by Crippen LogP contribution is 2.21. The van der Waals surface area contributed by atoms with E-state index in [4.69, 9.17) is 4.74 Å². The van der Waals surface area contributed by atoms with Crippen molar-refractivity contribution >= 4 is 12.2 Å². The van der Waals surface area contributed by atoms with Gasteiger partial charge in [0.05, 0.1) is 12.2 Å². The van der Waals surface area contributed by atoms with Crippen molar-refractivity contribution in [3.63, 3.8) is 0 Å². The molecule has 118 valence electrons. The molecule has 0 bridgehead atoms. The van der Waals surface area contributed by atoms with Crippen molar-refractivity contribution in [3.05, 3.63) is 35.6 Å². The van der Waals surface area contributed by atoms with E-state index in [1.807, 2.05) is 0 Å². The van der Waals surface area contributed by atoms with Gasteiger partial charge in [-0.15, -0.1) is 0 Å². The van der Waals surface area contributed by atoms with Gasteiger partial charge in [-0.05, 0) is 49.3 Å². The van der Waals surface area contributed by atoms with Gasteiger partial charge in [0, 0.05) is 0 Å². The van der Waals surface area contributed by atoms with Crippen molar-refractivity contribution in [2.24, 2.45) is 0 Å². The molecule has 0 atom stereocenters. The molecule has 0 radical (unpaired) electrons. The number of unbranched alkanes of at least 4 members (excludes halogenated alkanes) is 6. The molecule has 0 saturated carbocycles. The van der Waals surface area contributed by atoms with Crippen molar-refractivity contribution in [1.29, 1.82) is 0 Å². The Bertz CT molecular complexity index is 538. The highest BCUT2D eigenvalue weighted by Gasteiger charge is 2.02. The van der Waals surface area contributed by atoms with Crippen LogP contribution < -0.4 is 4.74 Å². The molecule has 0 heterocycles. The molecule has 0 aliphatic rings. The monoisotopic (exact) mass is 302 g/mol. The number of hydrogen-bond donors (Lipinski definition) is 1. The van der Waals surface area contributed by atoms with E-state index < -0.39 is 0 Å². The standard InChI is InChI=1S/C18H22O4/c19-12-8-6-4-2-1-3-5-7-9-13-22-17-10-11-18(21)16(14-17)15-20/h6,10-11,14-15,21H,1-5,7,9,13H2. The molecule has 1 aromatic rings. The molecule has 1 rings (SSSR count). The van der Waals surface area contributed by atoms with Crippen LogP contribution in [0.1, 0.15) is 55.3 Å². The highest BCUT2D eigenvalue weighted by molar-refractivity contribution is 5.79. The molecule has 22 heavy (non-hydrogen) atoms. The van der Waals surface area contributed by atoms with Gasteiger partial charge in [-0.3, -0.25) is 4.79 Å². The van der Waals surface area contributed by atoms with E-state index in [2.05, 4.69) is 5.73 Å². The molecule has 0 saturated heterocycles. The summed E-state index contributed by atoms with van der Waals surface area (Å²) in [5.74, 6) is 2.19. The second kappa shape index (κ2) is 11.4. The summed E-state index contributed by atoms with van der Waals surface area (Å²) in [7, 11) is 0. The van der Waals surface area contributed by atoms with Crippen LogP contribution in [-0.4, -0.2) is 23.9 Å². The van der Waals surface area contributed by atoms with Crippen LogP contribution in [-0.2, 0) is 4.79 Å². The first-order chi connectivity index (χ1) is 10.8. The number of ether oxygens (including phenoxy) is 1. The predicted molar refractivity (Wildman–Crippen MR) is 85.1 cm³/mol. The van der Waals surface area contributed by atoms with Crippen molar-refractivity contribution in [3.8, 4) is 11.5 Å². The number of rotatable bonds is 11. The maximum absolute atomic E-state index is 10.7. The zero-order chi connectivity index (χ0) is 16.0. The van der Waals surface area contributed by atoms with Crippen LogP contribution in [0.5, 0.6) is 11.5 Å². The van der Waals surface area contributed by atoms with Crippen LogP contribution >= 0.6 is 0 Å². The minimum Gasteiger partial charge on any atom is -0.507 e. The molecule has 0 spiro atoms. The first-order valence-electron chi connectivity index (χ1n) is 7.63. The van der Waals surface area contributed by atoms with Crippen LogP contribution in [0.2, 0.25) is 0 Å². The zero-order valence-corrected chi connectivity index (χ0v) is 12.7. The Labute approximate surface area is 131 Å². The molecule has 0 fully saturated rings. The number of aldehydes is 1. The summed E-state index contributed by atoms with van der Waals surface area (Å²) in [6.07, 6.45) is 9.85. The Balaban J connectivity index is 2.05. The number of phenolic OH excluding ortho intramolecular Hbond substituents is 1. The van der Waals surface area contributed by atoms with Gasteiger partial charge in [0.15, 0.2) is 12.2 Å². The lowest BCUT2D eigenvalue weighted by Gasteiger charge is -2.07. The number of allylic oxidation sites excluding steroid dienone is 1. The first-order valence-corrected chi connectivity index (χ1v) is 7.63. The molecule has 0 aliphatic carbocycles. The minimum atomic E-state index is -0.0270. The largest absolute Gasteiger partial charge is 0.507 e. The maximum Gasteiger partial charge on any atom is 0.176 e. The summed E-state index contributed by atoms with van der Waals surface area (Å²) in [6, 6.07) is 4.67. The fourth-order valence-electron chi connectivity index (χ4n) is 2.08. The fourth-order valence-corrected chi connectivity index (χ4v) is 2.08. The second-order valence-electron chi connectivity index (χ2n) is 5.05. The Hall–Kier alpha value is -2.28. The highest BCUT2D eigenvalue weighted by atomic mass is 16.5. The lowest BCUT2D eigenvalue weighted by Crippen LogP contribution is -1.98. The van der Waals surface area contributed by atoms with Gasteiger partial charge < -0.3 is 9.84 Å². The van der Waals surface area contributed by atoms with E-state index in [9.17, 15) is 14.7 Å². The molecular formula is C18H22O4.